The standard InChI is InChI=1S/C15H16N4O2/c1-21-15(20)14-11-4-6-17-9-12(11)18-13(19-14)7-10-3-2-5-16-8-10/h2-3,5,8,17H,4,6-7,9H2,1H3. The number of hydrogen-bond donors (Lipinski definition) is 1. The Morgan fingerprint density at radius 3 is 3.10 bits per heavy atom. The molecular weight excluding hydrogens is 268 g/mol. The number of methoxy groups -OCH3 is 1. The van der Waals surface area contributed by atoms with Crippen LogP contribution in [-0.4, -0.2) is 34.6 Å². The minimum Gasteiger partial charge on any atom is -0.464 e. The van der Waals surface area contributed by atoms with Crippen molar-refractivity contribution in [2.45, 2.75) is 19.4 Å². The lowest BCUT2D eigenvalue weighted by Crippen LogP contribution is -2.28. The highest BCUT2D eigenvalue weighted by Gasteiger charge is 2.22. The second-order valence-corrected chi connectivity index (χ2v) is 4.87. The van der Waals surface area contributed by atoms with E-state index in [9.17, 15) is 4.79 Å². The third-order valence-electron chi connectivity index (χ3n) is 3.45. The molecule has 0 amide bonds. The van der Waals surface area contributed by atoms with E-state index in [1.165, 1.54) is 7.11 Å². The first-order chi connectivity index (χ1) is 10.3. The molecule has 0 saturated heterocycles. The van der Waals surface area contributed by atoms with Crippen LogP contribution in [0.15, 0.2) is 24.5 Å². The summed E-state index contributed by atoms with van der Waals surface area (Å²) in [4.78, 5) is 25.0. The molecule has 0 radical (unpaired) electrons. The highest BCUT2D eigenvalue weighted by molar-refractivity contribution is 5.89. The maximum atomic E-state index is 11.9. The number of aromatic nitrogens is 3. The number of nitrogens with zero attached hydrogens (tertiary/aromatic N) is 3. The van der Waals surface area contributed by atoms with Crippen LogP contribution in [-0.2, 0) is 24.1 Å². The van der Waals surface area contributed by atoms with Crippen LogP contribution in [0.3, 0.4) is 0 Å². The van der Waals surface area contributed by atoms with E-state index in [1.54, 1.807) is 12.4 Å². The summed E-state index contributed by atoms with van der Waals surface area (Å²) >= 11 is 0. The average Bonchev–Trinajstić information content (AvgIpc) is 2.54. The van der Waals surface area contributed by atoms with Crippen LogP contribution in [0.2, 0.25) is 0 Å². The van der Waals surface area contributed by atoms with Gasteiger partial charge in [-0.1, -0.05) is 6.07 Å². The lowest BCUT2D eigenvalue weighted by atomic mass is 10.0. The highest BCUT2D eigenvalue weighted by Crippen LogP contribution is 2.18. The number of ether oxygens (including phenoxy) is 1. The molecule has 0 bridgehead atoms. The van der Waals surface area contributed by atoms with Crippen LogP contribution >= 0.6 is 0 Å². The molecule has 6 nitrogen and oxygen atoms in total. The number of nitrogens with one attached hydrogen (secondary N) is 1. The van der Waals surface area contributed by atoms with Crippen molar-refractivity contribution in [2.75, 3.05) is 13.7 Å². The minimum atomic E-state index is -0.400. The molecule has 0 aromatic carbocycles. The number of carbonyl (C=O) groups is 1. The Balaban J connectivity index is 2.00. The summed E-state index contributed by atoms with van der Waals surface area (Å²) in [6.07, 6.45) is 4.79. The molecule has 0 aliphatic carbocycles. The summed E-state index contributed by atoms with van der Waals surface area (Å²) in [7, 11) is 1.37. The van der Waals surface area contributed by atoms with Crippen molar-refractivity contribution in [3.63, 3.8) is 0 Å². The van der Waals surface area contributed by atoms with Crippen LogP contribution in [0.5, 0.6) is 0 Å². The Hall–Kier alpha value is -2.34. The molecular formula is C15H16N4O2. The van der Waals surface area contributed by atoms with Gasteiger partial charge in [-0.3, -0.25) is 4.98 Å². The van der Waals surface area contributed by atoms with Gasteiger partial charge in [-0.05, 0) is 24.6 Å². The third kappa shape index (κ3) is 2.90. The largest absolute Gasteiger partial charge is 0.464 e. The summed E-state index contributed by atoms with van der Waals surface area (Å²) in [6, 6.07) is 3.84. The van der Waals surface area contributed by atoms with Gasteiger partial charge >= 0.3 is 5.97 Å². The van der Waals surface area contributed by atoms with Gasteiger partial charge in [0.2, 0.25) is 0 Å². The molecule has 0 unspecified atom stereocenters. The van der Waals surface area contributed by atoms with Gasteiger partial charge in [-0.25, -0.2) is 14.8 Å². The first-order valence-electron chi connectivity index (χ1n) is 6.84. The summed E-state index contributed by atoms with van der Waals surface area (Å²) < 4.78 is 4.85. The number of carbonyl (C=O) groups excluding carboxylic acids is 1. The maximum Gasteiger partial charge on any atom is 0.357 e. The molecule has 1 aliphatic heterocycles. The molecule has 21 heavy (non-hydrogen) atoms. The van der Waals surface area contributed by atoms with Crippen molar-refractivity contribution < 1.29 is 9.53 Å². The van der Waals surface area contributed by atoms with Crippen LogP contribution in [0.1, 0.15) is 33.1 Å². The van der Waals surface area contributed by atoms with Crippen molar-refractivity contribution in [3.05, 3.63) is 52.9 Å². The molecule has 108 valence electrons. The molecule has 3 heterocycles. The normalized spacial score (nSPS) is 13.6. The molecule has 0 saturated carbocycles. The number of fused-ring (bicyclic) bond motifs is 1. The smallest absolute Gasteiger partial charge is 0.357 e. The molecule has 1 N–H and O–H groups in total. The fourth-order valence-corrected chi connectivity index (χ4v) is 2.44. The Bertz CT molecular complexity index is 658. The third-order valence-corrected chi connectivity index (χ3v) is 3.45. The zero-order valence-corrected chi connectivity index (χ0v) is 11.8. The fraction of sp³-hybridized carbons (Fsp3) is 0.333. The lowest BCUT2D eigenvalue weighted by molar-refractivity contribution is 0.0591. The van der Waals surface area contributed by atoms with Gasteiger partial charge in [0.25, 0.3) is 0 Å². The molecule has 3 rings (SSSR count). The first-order valence-corrected chi connectivity index (χ1v) is 6.84. The second kappa shape index (κ2) is 5.97. The van der Waals surface area contributed by atoms with Crippen molar-refractivity contribution in [2.24, 2.45) is 0 Å². The van der Waals surface area contributed by atoms with Crippen molar-refractivity contribution in [1.82, 2.24) is 20.3 Å². The summed E-state index contributed by atoms with van der Waals surface area (Å²) in [6.45, 7) is 1.48. The maximum absolute atomic E-state index is 11.9. The van der Waals surface area contributed by atoms with Gasteiger partial charge in [-0.2, -0.15) is 0 Å². The van der Waals surface area contributed by atoms with Crippen molar-refractivity contribution in [3.8, 4) is 0 Å². The average molecular weight is 284 g/mol. The molecule has 0 atom stereocenters. The van der Waals surface area contributed by atoms with Crippen LogP contribution in [0, 0.1) is 0 Å². The molecule has 6 heteroatoms. The van der Waals surface area contributed by atoms with Gasteiger partial charge in [-0.15, -0.1) is 0 Å². The van der Waals surface area contributed by atoms with Crippen molar-refractivity contribution >= 4 is 5.97 Å². The van der Waals surface area contributed by atoms with Gasteiger partial charge in [0, 0.05) is 30.9 Å². The van der Waals surface area contributed by atoms with Gasteiger partial charge in [0.15, 0.2) is 5.69 Å². The first kappa shape index (κ1) is 13.6. The zero-order valence-electron chi connectivity index (χ0n) is 11.8. The SMILES string of the molecule is COC(=O)c1nc(Cc2cccnc2)nc2c1CCNC2. The number of esters is 1. The van der Waals surface area contributed by atoms with Crippen molar-refractivity contribution in [1.29, 1.82) is 0 Å². The molecule has 1 aliphatic rings. The molecule has 2 aromatic rings. The minimum absolute atomic E-state index is 0.392. The van der Waals surface area contributed by atoms with Crippen LogP contribution in [0.4, 0.5) is 0 Å². The second-order valence-electron chi connectivity index (χ2n) is 4.87. The van der Waals surface area contributed by atoms with Gasteiger partial charge < -0.3 is 10.1 Å². The Kier molecular flexibility index (Phi) is 3.87. The quantitative estimate of drug-likeness (QED) is 0.844. The lowest BCUT2D eigenvalue weighted by Gasteiger charge is -2.19. The summed E-state index contributed by atoms with van der Waals surface area (Å²) in [5, 5.41) is 3.26. The van der Waals surface area contributed by atoms with Crippen LogP contribution in [0.25, 0.3) is 0 Å². The predicted molar refractivity (Wildman–Crippen MR) is 75.8 cm³/mol. The topological polar surface area (TPSA) is 77.0 Å². The van der Waals surface area contributed by atoms with E-state index in [4.69, 9.17) is 4.74 Å². The zero-order chi connectivity index (χ0) is 14.7. The fourth-order valence-electron chi connectivity index (χ4n) is 2.44. The highest BCUT2D eigenvalue weighted by atomic mass is 16.5. The molecule has 0 spiro atoms. The van der Waals surface area contributed by atoms with E-state index in [-0.39, 0.29) is 0 Å². The summed E-state index contributed by atoms with van der Waals surface area (Å²) in [5.74, 6) is 0.217. The van der Waals surface area contributed by atoms with E-state index in [0.717, 1.165) is 29.8 Å². The Morgan fingerprint density at radius 1 is 1.43 bits per heavy atom. The van der Waals surface area contributed by atoms with Gasteiger partial charge in [0.05, 0.1) is 12.8 Å². The monoisotopic (exact) mass is 284 g/mol. The molecule has 0 fully saturated rings. The van der Waals surface area contributed by atoms with E-state index in [1.807, 2.05) is 12.1 Å². The van der Waals surface area contributed by atoms with E-state index >= 15 is 0 Å². The van der Waals surface area contributed by atoms with Gasteiger partial charge in [0.1, 0.15) is 5.82 Å². The van der Waals surface area contributed by atoms with E-state index in [0.29, 0.717) is 24.5 Å². The van der Waals surface area contributed by atoms with E-state index in [2.05, 4.69) is 20.3 Å². The molecule has 2 aromatic heterocycles. The van der Waals surface area contributed by atoms with E-state index < -0.39 is 5.97 Å². The Morgan fingerprint density at radius 2 is 2.33 bits per heavy atom. The van der Waals surface area contributed by atoms with Crippen LogP contribution < -0.4 is 5.32 Å². The summed E-state index contributed by atoms with van der Waals surface area (Å²) in [5.41, 5.74) is 3.19. The number of hydrogen-bond acceptors (Lipinski definition) is 6. The number of rotatable bonds is 3. The Labute approximate surface area is 122 Å². The number of pyridine rings is 1. The predicted octanol–water partition coefficient (Wildman–Crippen LogP) is 0.895.